The molecule has 1 heterocycles. The van der Waals surface area contributed by atoms with Crippen LogP contribution < -0.4 is 5.30 Å². The molecule has 0 radical (unpaired) electrons. The van der Waals surface area contributed by atoms with E-state index in [4.69, 9.17) is 11.2 Å². The monoisotopic (exact) mass is 255 g/mol. The molecule has 1 saturated heterocycles. The van der Waals surface area contributed by atoms with Gasteiger partial charge in [0.1, 0.15) is 11.9 Å². The van der Waals surface area contributed by atoms with Gasteiger partial charge in [0.05, 0.1) is 23.6 Å². The van der Waals surface area contributed by atoms with Gasteiger partial charge in [-0.25, -0.2) is 0 Å². The zero-order chi connectivity index (χ0) is 11.8. The van der Waals surface area contributed by atoms with E-state index >= 15 is 0 Å². The molecule has 0 saturated carbocycles. The van der Waals surface area contributed by atoms with E-state index < -0.39 is 6.62 Å². The number of halogens is 1. The van der Waals surface area contributed by atoms with Crippen LogP contribution in [0.25, 0.3) is 0 Å². The van der Waals surface area contributed by atoms with Crippen LogP contribution in [-0.2, 0) is 5.41 Å². The van der Waals surface area contributed by atoms with Gasteiger partial charge in [-0.2, -0.15) is 0 Å². The Morgan fingerprint density at radius 2 is 1.50 bits per heavy atom. The Balaban J connectivity index is 2.26. The summed E-state index contributed by atoms with van der Waals surface area (Å²) in [4.78, 5) is 0. The van der Waals surface area contributed by atoms with Crippen molar-refractivity contribution in [3.63, 3.8) is 0 Å². The van der Waals surface area contributed by atoms with E-state index in [1.165, 1.54) is 36.0 Å². The van der Waals surface area contributed by atoms with E-state index in [1.807, 2.05) is 0 Å². The summed E-state index contributed by atoms with van der Waals surface area (Å²) in [6, 6.07) is 9.06. The van der Waals surface area contributed by atoms with Crippen LogP contribution in [-0.4, -0.2) is 12.3 Å². The maximum absolute atomic E-state index is 6.77. The Kier molecular flexibility index (Phi) is 3.34. The molecular formula is C14H21ClP+. The molecule has 88 valence electrons. The molecule has 1 aromatic carbocycles. The summed E-state index contributed by atoms with van der Waals surface area (Å²) in [5, 5.41) is 1.42. The van der Waals surface area contributed by atoms with Crippen molar-refractivity contribution in [3.05, 3.63) is 29.8 Å². The highest BCUT2D eigenvalue weighted by atomic mass is 35.7. The number of hydrogen-bond acceptors (Lipinski definition) is 0. The second-order valence-corrected chi connectivity index (χ2v) is 10.9. The van der Waals surface area contributed by atoms with Gasteiger partial charge in [-0.1, -0.05) is 32.9 Å². The molecule has 16 heavy (non-hydrogen) atoms. The molecule has 2 rings (SSSR count). The smallest absolute Gasteiger partial charge is 0.0561 e. The second-order valence-electron chi connectivity index (χ2n) is 5.81. The Bertz CT molecular complexity index is 355. The van der Waals surface area contributed by atoms with Gasteiger partial charge in [0.25, 0.3) is 0 Å². The molecule has 1 aliphatic rings. The summed E-state index contributed by atoms with van der Waals surface area (Å²) >= 11 is 6.77. The van der Waals surface area contributed by atoms with Crippen LogP contribution in [0.15, 0.2) is 24.3 Å². The lowest BCUT2D eigenvalue weighted by Gasteiger charge is -2.20. The van der Waals surface area contributed by atoms with Gasteiger partial charge in [0.2, 0.25) is 0 Å². The summed E-state index contributed by atoms with van der Waals surface area (Å²) in [6.07, 6.45) is 5.11. The standard InChI is InChI=1S/C14H21ClP/c1-14(2,3)12-6-8-13(9-7-12)16(15)10-4-5-11-16/h6-9H,4-5,10-11H2,1-3H3/q+1. The van der Waals surface area contributed by atoms with Gasteiger partial charge in [-0.15, -0.1) is 0 Å². The fraction of sp³-hybridized carbons (Fsp3) is 0.571. The van der Waals surface area contributed by atoms with Crippen LogP contribution in [0.2, 0.25) is 0 Å². The first-order valence-electron chi connectivity index (χ1n) is 6.10. The van der Waals surface area contributed by atoms with Gasteiger partial charge in [-0.3, -0.25) is 0 Å². The average Bonchev–Trinajstić information content (AvgIpc) is 2.66. The van der Waals surface area contributed by atoms with Crippen molar-refractivity contribution in [1.29, 1.82) is 0 Å². The third kappa shape index (κ3) is 2.44. The van der Waals surface area contributed by atoms with E-state index in [1.54, 1.807) is 0 Å². The lowest BCUT2D eigenvalue weighted by molar-refractivity contribution is 0.590. The van der Waals surface area contributed by atoms with Crippen molar-refractivity contribution >= 4 is 23.2 Å². The molecule has 2 heteroatoms. The minimum Gasteiger partial charge on any atom is -0.0561 e. The highest BCUT2D eigenvalue weighted by Gasteiger charge is 2.42. The van der Waals surface area contributed by atoms with Crippen LogP contribution in [0.4, 0.5) is 0 Å². The highest BCUT2D eigenvalue weighted by Crippen LogP contribution is 2.67. The second kappa shape index (κ2) is 4.31. The van der Waals surface area contributed by atoms with E-state index in [9.17, 15) is 0 Å². The maximum Gasteiger partial charge on any atom is 0.146 e. The van der Waals surface area contributed by atoms with E-state index in [-0.39, 0.29) is 5.41 Å². The SMILES string of the molecule is CC(C)(C)c1ccc([P+]2(Cl)CCCC2)cc1. The number of hydrogen-bond donors (Lipinski definition) is 0. The third-order valence-corrected chi connectivity index (χ3v) is 8.34. The van der Waals surface area contributed by atoms with Gasteiger partial charge < -0.3 is 0 Å². The molecule has 0 spiro atoms. The molecule has 0 N–H and O–H groups in total. The molecule has 1 aromatic rings. The van der Waals surface area contributed by atoms with Crippen LogP contribution in [0.1, 0.15) is 39.2 Å². The Hall–Kier alpha value is -0.0600. The molecule has 0 nitrogen and oxygen atoms in total. The largest absolute Gasteiger partial charge is 0.146 e. The minimum atomic E-state index is -1.27. The topological polar surface area (TPSA) is 0 Å². The van der Waals surface area contributed by atoms with Gasteiger partial charge in [0.15, 0.2) is 0 Å². The Morgan fingerprint density at radius 3 is 1.94 bits per heavy atom. The van der Waals surface area contributed by atoms with Crippen molar-refractivity contribution in [3.8, 4) is 0 Å². The Labute approximate surface area is 105 Å². The quantitative estimate of drug-likeness (QED) is 0.645. The molecule has 1 fully saturated rings. The van der Waals surface area contributed by atoms with Gasteiger partial charge in [-0.05, 0) is 36.0 Å². The van der Waals surface area contributed by atoms with Gasteiger partial charge in [0, 0.05) is 0 Å². The summed E-state index contributed by atoms with van der Waals surface area (Å²) in [5.74, 6) is 0. The first-order chi connectivity index (χ1) is 7.42. The summed E-state index contributed by atoms with van der Waals surface area (Å²) in [5.41, 5.74) is 1.64. The van der Waals surface area contributed by atoms with Crippen molar-refractivity contribution in [2.75, 3.05) is 12.3 Å². The van der Waals surface area contributed by atoms with E-state index in [0.29, 0.717) is 0 Å². The fourth-order valence-corrected chi connectivity index (χ4v) is 6.25. The van der Waals surface area contributed by atoms with Crippen molar-refractivity contribution < 1.29 is 0 Å². The summed E-state index contributed by atoms with van der Waals surface area (Å²) < 4.78 is 0. The lowest BCUT2D eigenvalue weighted by Crippen LogP contribution is -2.14. The molecule has 0 bridgehead atoms. The average molecular weight is 256 g/mol. The van der Waals surface area contributed by atoms with Gasteiger partial charge >= 0.3 is 0 Å². The minimum absolute atomic E-state index is 0.242. The van der Waals surface area contributed by atoms with Crippen LogP contribution >= 0.6 is 17.9 Å². The molecule has 1 aliphatic heterocycles. The molecule has 0 unspecified atom stereocenters. The predicted octanol–water partition coefficient (Wildman–Crippen LogP) is 4.57. The number of benzene rings is 1. The third-order valence-electron chi connectivity index (χ3n) is 3.47. The summed E-state index contributed by atoms with van der Waals surface area (Å²) in [6.45, 7) is 5.49. The van der Waals surface area contributed by atoms with Crippen molar-refractivity contribution in [2.24, 2.45) is 0 Å². The van der Waals surface area contributed by atoms with Crippen molar-refractivity contribution in [2.45, 2.75) is 39.0 Å². The predicted molar refractivity (Wildman–Crippen MR) is 76.5 cm³/mol. The molecule has 0 amide bonds. The van der Waals surface area contributed by atoms with E-state index in [2.05, 4.69) is 45.0 Å². The van der Waals surface area contributed by atoms with E-state index in [0.717, 1.165) is 0 Å². The summed E-state index contributed by atoms with van der Waals surface area (Å²) in [7, 11) is 0. The zero-order valence-corrected chi connectivity index (χ0v) is 12.1. The zero-order valence-electron chi connectivity index (χ0n) is 10.5. The first kappa shape index (κ1) is 12.4. The first-order valence-corrected chi connectivity index (χ1v) is 9.16. The fourth-order valence-electron chi connectivity index (χ4n) is 2.32. The molecule has 0 aromatic heterocycles. The lowest BCUT2D eigenvalue weighted by atomic mass is 9.87. The highest BCUT2D eigenvalue weighted by molar-refractivity contribution is 8.04. The Morgan fingerprint density at radius 1 is 1.00 bits per heavy atom. The maximum atomic E-state index is 6.77. The van der Waals surface area contributed by atoms with Crippen LogP contribution in [0, 0.1) is 0 Å². The number of rotatable bonds is 1. The van der Waals surface area contributed by atoms with Crippen LogP contribution in [0.5, 0.6) is 0 Å². The molecule has 0 aliphatic carbocycles. The normalized spacial score (nSPS) is 20.0. The van der Waals surface area contributed by atoms with Crippen LogP contribution in [0.3, 0.4) is 0 Å². The molecular weight excluding hydrogens is 235 g/mol. The van der Waals surface area contributed by atoms with Crippen molar-refractivity contribution in [1.82, 2.24) is 0 Å². The molecule has 0 atom stereocenters.